The highest BCUT2D eigenvalue weighted by Crippen LogP contribution is 2.35. The summed E-state index contributed by atoms with van der Waals surface area (Å²) < 4.78 is 5.79. The molecule has 1 heterocycles. The maximum Gasteiger partial charge on any atom is 0.0666 e. The van der Waals surface area contributed by atoms with Crippen molar-refractivity contribution < 1.29 is 9.84 Å². The van der Waals surface area contributed by atoms with Gasteiger partial charge in [-0.1, -0.05) is 19.3 Å². The Morgan fingerprint density at radius 2 is 1.93 bits per heavy atom. The van der Waals surface area contributed by atoms with Gasteiger partial charge in [0, 0.05) is 13.0 Å². The summed E-state index contributed by atoms with van der Waals surface area (Å²) in [5, 5.41) is 10.00. The lowest BCUT2D eigenvalue weighted by molar-refractivity contribution is -0.117. The average molecular weight is 198 g/mol. The third-order valence-electron chi connectivity index (χ3n) is 3.79. The number of hydrogen-bond acceptors (Lipinski definition) is 2. The van der Waals surface area contributed by atoms with Crippen molar-refractivity contribution >= 4 is 0 Å². The van der Waals surface area contributed by atoms with Crippen LogP contribution < -0.4 is 0 Å². The van der Waals surface area contributed by atoms with Crippen LogP contribution in [-0.2, 0) is 4.74 Å². The smallest absolute Gasteiger partial charge is 0.0666 e. The second kappa shape index (κ2) is 4.19. The molecule has 1 aliphatic heterocycles. The van der Waals surface area contributed by atoms with E-state index in [9.17, 15) is 5.11 Å². The van der Waals surface area contributed by atoms with Crippen LogP contribution in [0.1, 0.15) is 51.9 Å². The Balaban J connectivity index is 1.89. The Labute approximate surface area is 86.6 Å². The van der Waals surface area contributed by atoms with Crippen molar-refractivity contribution in [3.05, 3.63) is 0 Å². The fraction of sp³-hybridized carbons (Fsp3) is 1.00. The lowest BCUT2D eigenvalue weighted by Crippen LogP contribution is -2.42. The van der Waals surface area contributed by atoms with Crippen LogP contribution in [0.15, 0.2) is 0 Å². The van der Waals surface area contributed by atoms with E-state index >= 15 is 0 Å². The van der Waals surface area contributed by atoms with Gasteiger partial charge < -0.3 is 9.84 Å². The molecule has 1 aliphatic carbocycles. The van der Waals surface area contributed by atoms with Crippen LogP contribution in [0, 0.1) is 5.92 Å². The fourth-order valence-corrected chi connectivity index (χ4v) is 2.83. The third-order valence-corrected chi connectivity index (χ3v) is 3.79. The van der Waals surface area contributed by atoms with Crippen LogP contribution in [0.5, 0.6) is 0 Å². The quantitative estimate of drug-likeness (QED) is 0.701. The van der Waals surface area contributed by atoms with Crippen LogP contribution in [0.25, 0.3) is 0 Å². The molecule has 0 radical (unpaired) electrons. The highest BCUT2D eigenvalue weighted by molar-refractivity contribution is 4.86. The zero-order valence-corrected chi connectivity index (χ0v) is 9.17. The van der Waals surface area contributed by atoms with E-state index in [1.807, 2.05) is 6.92 Å². The number of aliphatic hydroxyl groups is 1. The van der Waals surface area contributed by atoms with Crippen molar-refractivity contribution in [3.63, 3.8) is 0 Å². The van der Waals surface area contributed by atoms with E-state index in [0.717, 1.165) is 25.4 Å². The normalized spacial score (nSPS) is 41.1. The van der Waals surface area contributed by atoms with Gasteiger partial charge in [-0.15, -0.1) is 0 Å². The van der Waals surface area contributed by atoms with Gasteiger partial charge in [-0.05, 0) is 32.1 Å². The van der Waals surface area contributed by atoms with E-state index in [2.05, 4.69) is 0 Å². The van der Waals surface area contributed by atoms with Gasteiger partial charge >= 0.3 is 0 Å². The first-order valence-corrected chi connectivity index (χ1v) is 6.01. The molecule has 0 bridgehead atoms. The zero-order valence-electron chi connectivity index (χ0n) is 9.17. The van der Waals surface area contributed by atoms with E-state index < -0.39 is 5.60 Å². The lowest BCUT2D eigenvalue weighted by Gasteiger charge is -2.39. The minimum Gasteiger partial charge on any atom is -0.390 e. The van der Waals surface area contributed by atoms with Gasteiger partial charge in [0.2, 0.25) is 0 Å². The molecule has 2 heteroatoms. The average Bonchev–Trinajstić information content (AvgIpc) is 2.18. The molecule has 0 aromatic rings. The number of rotatable bonds is 1. The summed E-state index contributed by atoms with van der Waals surface area (Å²) in [6.45, 7) is 2.69. The predicted octanol–water partition coefficient (Wildman–Crippen LogP) is 2.50. The molecule has 82 valence electrons. The molecule has 2 aliphatic rings. The predicted molar refractivity (Wildman–Crippen MR) is 56.2 cm³/mol. The Morgan fingerprint density at radius 1 is 1.21 bits per heavy atom. The molecule has 2 nitrogen and oxygen atoms in total. The highest BCUT2D eigenvalue weighted by atomic mass is 16.5. The van der Waals surface area contributed by atoms with E-state index in [4.69, 9.17) is 4.74 Å². The lowest BCUT2D eigenvalue weighted by atomic mass is 9.79. The molecule has 2 rings (SSSR count). The minimum atomic E-state index is -0.472. The molecule has 0 aromatic heterocycles. The summed E-state index contributed by atoms with van der Waals surface area (Å²) in [6, 6.07) is 0. The second-order valence-corrected chi connectivity index (χ2v) is 5.26. The molecule has 0 spiro atoms. The maximum absolute atomic E-state index is 10.00. The van der Waals surface area contributed by atoms with Crippen molar-refractivity contribution in [2.75, 3.05) is 6.61 Å². The van der Waals surface area contributed by atoms with Crippen LogP contribution in [0.4, 0.5) is 0 Å². The van der Waals surface area contributed by atoms with Gasteiger partial charge in [0.25, 0.3) is 0 Å². The summed E-state index contributed by atoms with van der Waals surface area (Å²) in [5.41, 5.74) is -0.472. The van der Waals surface area contributed by atoms with Crippen molar-refractivity contribution in [1.29, 1.82) is 0 Å². The molecule has 0 aromatic carbocycles. The van der Waals surface area contributed by atoms with Gasteiger partial charge in [0.1, 0.15) is 0 Å². The van der Waals surface area contributed by atoms with E-state index in [1.165, 1.54) is 32.1 Å². The number of hydrogen-bond donors (Lipinski definition) is 1. The van der Waals surface area contributed by atoms with Gasteiger partial charge in [-0.3, -0.25) is 0 Å². The molecule has 1 saturated carbocycles. The first-order valence-electron chi connectivity index (χ1n) is 6.01. The van der Waals surface area contributed by atoms with Gasteiger partial charge in [-0.25, -0.2) is 0 Å². The Kier molecular flexibility index (Phi) is 3.13. The molecule has 14 heavy (non-hydrogen) atoms. The van der Waals surface area contributed by atoms with Gasteiger partial charge in [-0.2, -0.15) is 0 Å². The molecule has 1 N–H and O–H groups in total. The SMILES string of the molecule is C[C@@]1(O)CCO[C@H](C2CCCCC2)C1. The van der Waals surface area contributed by atoms with Gasteiger partial charge in [0.15, 0.2) is 0 Å². The third kappa shape index (κ3) is 2.48. The molecule has 0 amide bonds. The van der Waals surface area contributed by atoms with E-state index in [0.29, 0.717) is 6.10 Å². The Hall–Kier alpha value is -0.0800. The molecule has 2 fully saturated rings. The van der Waals surface area contributed by atoms with Crippen molar-refractivity contribution in [2.45, 2.75) is 63.6 Å². The van der Waals surface area contributed by atoms with Gasteiger partial charge in [0.05, 0.1) is 11.7 Å². The molecular weight excluding hydrogens is 176 g/mol. The fourth-order valence-electron chi connectivity index (χ4n) is 2.83. The van der Waals surface area contributed by atoms with Crippen LogP contribution >= 0.6 is 0 Å². The summed E-state index contributed by atoms with van der Waals surface area (Å²) in [6.07, 6.45) is 8.69. The van der Waals surface area contributed by atoms with E-state index in [-0.39, 0.29) is 0 Å². The molecule has 0 unspecified atom stereocenters. The molecule has 1 saturated heterocycles. The number of ether oxygens (including phenoxy) is 1. The molecule has 2 atom stereocenters. The summed E-state index contributed by atoms with van der Waals surface area (Å²) in [4.78, 5) is 0. The largest absolute Gasteiger partial charge is 0.390 e. The topological polar surface area (TPSA) is 29.5 Å². The van der Waals surface area contributed by atoms with Crippen molar-refractivity contribution in [2.24, 2.45) is 5.92 Å². The minimum absolute atomic E-state index is 0.332. The maximum atomic E-state index is 10.00. The van der Waals surface area contributed by atoms with Crippen molar-refractivity contribution in [1.82, 2.24) is 0 Å². The van der Waals surface area contributed by atoms with Crippen LogP contribution in [0.2, 0.25) is 0 Å². The molecular formula is C12H22O2. The Morgan fingerprint density at radius 3 is 2.57 bits per heavy atom. The monoisotopic (exact) mass is 198 g/mol. The summed E-state index contributed by atoms with van der Waals surface area (Å²) in [7, 11) is 0. The standard InChI is InChI=1S/C12H22O2/c1-12(13)7-8-14-11(9-12)10-5-3-2-4-6-10/h10-11,13H,2-9H2,1H3/t11-,12+/m0/s1. The first kappa shape index (κ1) is 10.4. The van der Waals surface area contributed by atoms with Crippen LogP contribution in [-0.4, -0.2) is 23.4 Å². The Bertz CT molecular complexity index is 183. The van der Waals surface area contributed by atoms with E-state index in [1.54, 1.807) is 0 Å². The highest BCUT2D eigenvalue weighted by Gasteiger charge is 2.35. The zero-order chi connectivity index (χ0) is 10.0. The van der Waals surface area contributed by atoms with Crippen molar-refractivity contribution in [3.8, 4) is 0 Å². The van der Waals surface area contributed by atoms with Crippen LogP contribution in [0.3, 0.4) is 0 Å². The summed E-state index contributed by atoms with van der Waals surface area (Å²) >= 11 is 0. The first-order chi connectivity index (χ1) is 6.67. The second-order valence-electron chi connectivity index (χ2n) is 5.26. The summed E-state index contributed by atoms with van der Waals surface area (Å²) in [5.74, 6) is 0.718.